The minimum atomic E-state index is -5.03. The van der Waals surface area contributed by atoms with E-state index in [0.717, 1.165) is 23.1 Å². The number of hydrogen-bond donors (Lipinski definition) is 2. The number of ether oxygens (including phenoxy) is 1. The van der Waals surface area contributed by atoms with Crippen molar-refractivity contribution in [2.24, 2.45) is 0 Å². The Kier molecular flexibility index (Phi) is 9.22. The Labute approximate surface area is 253 Å². The average molecular weight is 661 g/mol. The second kappa shape index (κ2) is 12.4. The highest BCUT2D eigenvalue weighted by molar-refractivity contribution is 8.26. The first-order valence-electron chi connectivity index (χ1n) is 11.9. The Balaban J connectivity index is 1.52. The molecule has 43 heavy (non-hydrogen) atoms. The lowest BCUT2D eigenvalue weighted by molar-refractivity contribution is -0.143. The number of carbonyl (C=O) groups excluding carboxylic acids is 2. The number of halogens is 6. The van der Waals surface area contributed by atoms with Gasteiger partial charge in [-0.3, -0.25) is 14.5 Å². The number of methoxy groups -OCH3 is 1. The first kappa shape index (κ1) is 32.0. The predicted octanol–water partition coefficient (Wildman–Crippen LogP) is 7.39. The van der Waals surface area contributed by atoms with Crippen molar-refractivity contribution >= 4 is 69.2 Å². The zero-order valence-corrected chi connectivity index (χ0v) is 24.1. The van der Waals surface area contributed by atoms with E-state index in [1.807, 2.05) is 0 Å². The number of carboxylic acids is 1. The Bertz CT molecular complexity index is 1600. The van der Waals surface area contributed by atoms with Gasteiger partial charge in [-0.15, -0.1) is 11.3 Å². The van der Waals surface area contributed by atoms with E-state index in [9.17, 15) is 40.7 Å². The topological polar surface area (TPSA) is 95.9 Å². The van der Waals surface area contributed by atoms with Crippen molar-refractivity contribution in [2.45, 2.75) is 18.8 Å². The maximum atomic E-state index is 13.4. The van der Waals surface area contributed by atoms with Crippen molar-refractivity contribution in [3.05, 3.63) is 74.3 Å². The molecule has 1 saturated heterocycles. The second-order valence-corrected chi connectivity index (χ2v) is 11.4. The first-order valence-corrected chi connectivity index (χ1v) is 14.0. The summed E-state index contributed by atoms with van der Waals surface area (Å²) in [6.07, 6.45) is -8.84. The highest BCUT2D eigenvalue weighted by atomic mass is 32.2. The van der Waals surface area contributed by atoms with Crippen LogP contribution in [-0.2, 0) is 21.9 Å². The van der Waals surface area contributed by atoms with E-state index in [0.29, 0.717) is 17.8 Å². The molecule has 0 bridgehead atoms. The standard InChI is InChI=1S/C27H18F6N2O5S3/c1-40-22-18(14-8-15(26(28,29)30)10-16(9-14)27(31,32)33)12-42-19(22)11-20-23(37)35(25(41)43-20)7-6-21(36)34-17-4-2-13(3-5-17)24(38)39/h2-5,8-12H,6-7H2,1H3,(H,34,36)(H,38,39)/b20-11-. The van der Waals surface area contributed by atoms with Crippen molar-refractivity contribution in [3.63, 3.8) is 0 Å². The van der Waals surface area contributed by atoms with Crippen LogP contribution >= 0.6 is 35.3 Å². The third kappa shape index (κ3) is 7.37. The minimum Gasteiger partial charge on any atom is -0.495 e. The maximum absolute atomic E-state index is 13.4. The molecule has 0 saturated carbocycles. The lowest BCUT2D eigenvalue weighted by atomic mass is 10.00. The number of nitrogens with zero attached hydrogens (tertiary/aromatic N) is 1. The van der Waals surface area contributed by atoms with Gasteiger partial charge in [-0.25, -0.2) is 4.79 Å². The molecule has 226 valence electrons. The Morgan fingerprint density at radius 3 is 2.19 bits per heavy atom. The smallest absolute Gasteiger partial charge is 0.416 e. The number of benzene rings is 2. The normalized spacial score (nSPS) is 14.9. The van der Waals surface area contributed by atoms with Crippen LogP contribution in [0.5, 0.6) is 5.75 Å². The van der Waals surface area contributed by atoms with Crippen molar-refractivity contribution in [1.82, 2.24) is 4.90 Å². The number of rotatable bonds is 8. The summed E-state index contributed by atoms with van der Waals surface area (Å²) in [5.41, 5.74) is -2.96. The number of thiophene rings is 1. The molecule has 3 aromatic rings. The van der Waals surface area contributed by atoms with Gasteiger partial charge in [0.15, 0.2) is 0 Å². The van der Waals surface area contributed by atoms with E-state index in [1.54, 1.807) is 0 Å². The van der Waals surface area contributed by atoms with Crippen LogP contribution in [0.25, 0.3) is 17.2 Å². The molecular formula is C27H18F6N2O5S3. The molecule has 2 N–H and O–H groups in total. The summed E-state index contributed by atoms with van der Waals surface area (Å²) < 4.78 is 85.8. The van der Waals surface area contributed by atoms with E-state index in [4.69, 9.17) is 22.1 Å². The minimum absolute atomic E-state index is 0.0288. The number of thiocarbonyl (C=S) groups is 1. The van der Waals surface area contributed by atoms with Gasteiger partial charge in [-0.05, 0) is 54.1 Å². The summed E-state index contributed by atoms with van der Waals surface area (Å²) >= 11 is 7.12. The molecule has 2 amide bonds. The van der Waals surface area contributed by atoms with Crippen LogP contribution in [0.1, 0.15) is 32.8 Å². The molecule has 1 fully saturated rings. The summed E-state index contributed by atoms with van der Waals surface area (Å²) in [7, 11) is 1.19. The zero-order valence-electron chi connectivity index (χ0n) is 21.6. The van der Waals surface area contributed by atoms with Crippen molar-refractivity contribution < 1.29 is 50.6 Å². The zero-order chi connectivity index (χ0) is 31.7. The van der Waals surface area contributed by atoms with Crippen LogP contribution < -0.4 is 10.1 Å². The number of anilines is 1. The molecule has 16 heteroatoms. The number of aromatic carboxylic acids is 1. The van der Waals surface area contributed by atoms with Crippen molar-refractivity contribution in [2.75, 3.05) is 19.0 Å². The van der Waals surface area contributed by atoms with Crippen LogP contribution in [0.15, 0.2) is 52.7 Å². The summed E-state index contributed by atoms with van der Waals surface area (Å²) in [5, 5.41) is 12.9. The molecule has 1 aliphatic heterocycles. The molecule has 7 nitrogen and oxygen atoms in total. The van der Waals surface area contributed by atoms with Crippen molar-refractivity contribution in [3.8, 4) is 16.9 Å². The third-order valence-corrected chi connectivity index (χ3v) is 8.28. The number of carboxylic acid groups (broad SMARTS) is 1. The lowest BCUT2D eigenvalue weighted by Gasteiger charge is -2.14. The van der Waals surface area contributed by atoms with Gasteiger partial charge in [0.2, 0.25) is 5.91 Å². The van der Waals surface area contributed by atoms with E-state index in [-0.39, 0.29) is 55.6 Å². The molecule has 1 aliphatic rings. The van der Waals surface area contributed by atoms with Gasteiger partial charge in [0.05, 0.1) is 33.6 Å². The maximum Gasteiger partial charge on any atom is 0.416 e. The molecule has 2 aromatic carbocycles. The largest absolute Gasteiger partial charge is 0.495 e. The van der Waals surface area contributed by atoms with Gasteiger partial charge in [-0.1, -0.05) is 24.0 Å². The molecule has 0 radical (unpaired) electrons. The van der Waals surface area contributed by atoms with Gasteiger partial charge >= 0.3 is 18.3 Å². The van der Waals surface area contributed by atoms with E-state index < -0.39 is 41.3 Å². The van der Waals surface area contributed by atoms with Gasteiger partial charge in [0, 0.05) is 29.6 Å². The highest BCUT2D eigenvalue weighted by Crippen LogP contribution is 2.45. The molecule has 0 aliphatic carbocycles. The number of alkyl halides is 6. The fraction of sp³-hybridized carbons (Fsp3) is 0.185. The third-order valence-electron chi connectivity index (χ3n) is 5.99. The molecule has 0 unspecified atom stereocenters. The van der Waals surface area contributed by atoms with Gasteiger partial charge < -0.3 is 15.2 Å². The molecule has 2 heterocycles. The first-order chi connectivity index (χ1) is 20.1. The molecule has 4 rings (SSSR count). The number of nitrogens with one attached hydrogen (secondary N) is 1. The Morgan fingerprint density at radius 1 is 1.05 bits per heavy atom. The van der Waals surface area contributed by atoms with Gasteiger partial charge in [0.25, 0.3) is 5.91 Å². The SMILES string of the molecule is COc1c(-c2cc(C(F)(F)F)cc(C(F)(F)F)c2)csc1/C=C1\SC(=S)N(CCC(=O)Nc2ccc(C(=O)O)cc2)C1=O. The fourth-order valence-corrected chi connectivity index (χ4v) is 6.27. The number of amides is 2. The summed E-state index contributed by atoms with van der Waals surface area (Å²) in [5.74, 6) is -2.17. The van der Waals surface area contributed by atoms with Crippen LogP contribution in [-0.4, -0.2) is 45.8 Å². The van der Waals surface area contributed by atoms with Crippen molar-refractivity contribution in [1.29, 1.82) is 0 Å². The highest BCUT2D eigenvalue weighted by Gasteiger charge is 2.38. The van der Waals surface area contributed by atoms with E-state index in [1.165, 1.54) is 47.7 Å². The van der Waals surface area contributed by atoms with Gasteiger partial charge in [0.1, 0.15) is 10.1 Å². The quantitative estimate of drug-likeness (QED) is 0.148. The second-order valence-electron chi connectivity index (χ2n) is 8.86. The summed E-state index contributed by atoms with van der Waals surface area (Å²) in [6, 6.07) is 6.67. The summed E-state index contributed by atoms with van der Waals surface area (Å²) in [6.45, 7) is -0.0850. The predicted molar refractivity (Wildman–Crippen MR) is 153 cm³/mol. The van der Waals surface area contributed by atoms with E-state index >= 15 is 0 Å². The fourth-order valence-electron chi connectivity index (χ4n) is 3.93. The molecule has 0 spiro atoms. The lowest BCUT2D eigenvalue weighted by Crippen LogP contribution is -2.31. The molecule has 1 aromatic heterocycles. The van der Waals surface area contributed by atoms with Crippen LogP contribution in [0.3, 0.4) is 0 Å². The molecule has 0 atom stereocenters. The van der Waals surface area contributed by atoms with Crippen LogP contribution in [0.4, 0.5) is 32.0 Å². The molecular weight excluding hydrogens is 642 g/mol. The monoisotopic (exact) mass is 660 g/mol. The number of thioether (sulfide) groups is 1. The number of hydrogen-bond acceptors (Lipinski definition) is 7. The Hall–Kier alpha value is -3.89. The van der Waals surface area contributed by atoms with Gasteiger partial charge in [-0.2, -0.15) is 26.3 Å². The summed E-state index contributed by atoms with van der Waals surface area (Å²) in [4.78, 5) is 37.9. The average Bonchev–Trinajstić information content (AvgIpc) is 3.45. The van der Waals surface area contributed by atoms with Crippen LogP contribution in [0, 0.1) is 0 Å². The number of carbonyl (C=O) groups is 3. The Morgan fingerprint density at radius 2 is 1.65 bits per heavy atom. The van der Waals surface area contributed by atoms with Crippen LogP contribution in [0.2, 0.25) is 0 Å². The van der Waals surface area contributed by atoms with E-state index in [2.05, 4.69) is 5.32 Å².